The van der Waals surface area contributed by atoms with Crippen LogP contribution in [0.2, 0.25) is 0 Å². The summed E-state index contributed by atoms with van der Waals surface area (Å²) in [4.78, 5) is 39.9. The summed E-state index contributed by atoms with van der Waals surface area (Å²) in [6, 6.07) is 9.42. The SMILES string of the molecule is CN(Cc1ccccc1)C(=O)N1CCN(C(=O)NCCC(=O)O)CC1. The molecule has 0 unspecified atom stereocenters. The number of hydrogen-bond donors (Lipinski definition) is 2. The highest BCUT2D eigenvalue weighted by Gasteiger charge is 2.25. The number of nitrogens with one attached hydrogen (secondary N) is 1. The maximum absolute atomic E-state index is 12.5. The molecule has 1 aromatic carbocycles. The molecule has 0 radical (unpaired) electrons. The van der Waals surface area contributed by atoms with Gasteiger partial charge >= 0.3 is 18.0 Å². The predicted octanol–water partition coefficient (Wildman–Crippen LogP) is 1.04. The third-order valence-corrected chi connectivity index (χ3v) is 4.04. The number of benzene rings is 1. The fourth-order valence-corrected chi connectivity index (χ4v) is 2.66. The van der Waals surface area contributed by atoms with E-state index in [9.17, 15) is 14.4 Å². The van der Waals surface area contributed by atoms with Crippen molar-refractivity contribution in [3.8, 4) is 0 Å². The molecule has 25 heavy (non-hydrogen) atoms. The van der Waals surface area contributed by atoms with Crippen molar-refractivity contribution in [3.05, 3.63) is 35.9 Å². The van der Waals surface area contributed by atoms with Gasteiger partial charge in [0.25, 0.3) is 0 Å². The van der Waals surface area contributed by atoms with E-state index in [1.54, 1.807) is 21.7 Å². The van der Waals surface area contributed by atoms with Crippen molar-refractivity contribution in [1.29, 1.82) is 0 Å². The lowest BCUT2D eigenvalue weighted by Gasteiger charge is -2.36. The summed E-state index contributed by atoms with van der Waals surface area (Å²) in [7, 11) is 1.76. The van der Waals surface area contributed by atoms with Gasteiger partial charge in [0.15, 0.2) is 0 Å². The van der Waals surface area contributed by atoms with Gasteiger partial charge < -0.3 is 25.1 Å². The summed E-state index contributed by atoms with van der Waals surface area (Å²) in [5, 5.41) is 11.2. The summed E-state index contributed by atoms with van der Waals surface area (Å²) >= 11 is 0. The number of aliphatic carboxylic acids is 1. The Morgan fingerprint density at radius 3 is 2.28 bits per heavy atom. The smallest absolute Gasteiger partial charge is 0.320 e. The number of urea groups is 2. The number of piperazine rings is 1. The number of carboxylic acids is 1. The van der Waals surface area contributed by atoms with Crippen LogP contribution in [0.1, 0.15) is 12.0 Å². The maximum Gasteiger partial charge on any atom is 0.320 e. The van der Waals surface area contributed by atoms with Crippen LogP contribution in [0.25, 0.3) is 0 Å². The molecule has 8 nitrogen and oxygen atoms in total. The molecule has 1 aliphatic heterocycles. The van der Waals surface area contributed by atoms with Crippen molar-refractivity contribution in [1.82, 2.24) is 20.0 Å². The minimum absolute atomic E-state index is 0.0604. The molecular weight excluding hydrogens is 324 g/mol. The monoisotopic (exact) mass is 348 g/mol. The number of amides is 4. The van der Waals surface area contributed by atoms with Gasteiger partial charge in [-0.1, -0.05) is 30.3 Å². The quantitative estimate of drug-likeness (QED) is 0.831. The molecule has 0 spiro atoms. The molecule has 2 N–H and O–H groups in total. The zero-order chi connectivity index (χ0) is 18.2. The van der Waals surface area contributed by atoms with Crippen LogP contribution in [0.3, 0.4) is 0 Å². The van der Waals surface area contributed by atoms with Crippen LogP contribution in [0, 0.1) is 0 Å². The number of carboxylic acid groups (broad SMARTS) is 1. The molecule has 8 heteroatoms. The van der Waals surface area contributed by atoms with Crippen molar-refractivity contribution >= 4 is 18.0 Å². The highest BCUT2D eigenvalue weighted by Crippen LogP contribution is 2.09. The predicted molar refractivity (Wildman–Crippen MR) is 92.1 cm³/mol. The first-order valence-corrected chi connectivity index (χ1v) is 8.26. The molecule has 2 rings (SSSR count). The second-order valence-corrected chi connectivity index (χ2v) is 5.97. The molecule has 1 aliphatic rings. The molecular formula is C17H24N4O4. The van der Waals surface area contributed by atoms with Gasteiger partial charge in [0.1, 0.15) is 0 Å². The summed E-state index contributed by atoms with van der Waals surface area (Å²) in [5.41, 5.74) is 1.06. The van der Waals surface area contributed by atoms with E-state index in [2.05, 4.69) is 5.32 Å². The molecule has 0 atom stereocenters. The topological polar surface area (TPSA) is 93.2 Å². The lowest BCUT2D eigenvalue weighted by Crippen LogP contribution is -2.55. The van der Waals surface area contributed by atoms with Gasteiger partial charge in [0.2, 0.25) is 0 Å². The highest BCUT2D eigenvalue weighted by molar-refractivity contribution is 5.77. The van der Waals surface area contributed by atoms with Gasteiger partial charge in [0, 0.05) is 46.3 Å². The Morgan fingerprint density at radius 2 is 1.68 bits per heavy atom. The van der Waals surface area contributed by atoms with E-state index < -0.39 is 5.97 Å². The third-order valence-electron chi connectivity index (χ3n) is 4.04. The van der Waals surface area contributed by atoms with E-state index in [1.165, 1.54) is 0 Å². The van der Waals surface area contributed by atoms with E-state index in [0.717, 1.165) is 5.56 Å². The number of carbonyl (C=O) groups is 3. The maximum atomic E-state index is 12.5. The molecule has 4 amide bonds. The Balaban J connectivity index is 1.76. The van der Waals surface area contributed by atoms with E-state index in [1.807, 2.05) is 30.3 Å². The lowest BCUT2D eigenvalue weighted by molar-refractivity contribution is -0.136. The minimum Gasteiger partial charge on any atom is -0.481 e. The van der Waals surface area contributed by atoms with Crippen molar-refractivity contribution in [2.24, 2.45) is 0 Å². The van der Waals surface area contributed by atoms with Gasteiger partial charge in [-0.3, -0.25) is 4.79 Å². The molecule has 1 fully saturated rings. The number of hydrogen-bond acceptors (Lipinski definition) is 3. The summed E-state index contributed by atoms with van der Waals surface area (Å²) < 4.78 is 0. The van der Waals surface area contributed by atoms with Crippen LogP contribution in [-0.2, 0) is 11.3 Å². The van der Waals surface area contributed by atoms with Gasteiger partial charge in [-0.25, -0.2) is 9.59 Å². The van der Waals surface area contributed by atoms with Gasteiger partial charge in [-0.15, -0.1) is 0 Å². The minimum atomic E-state index is -0.947. The van der Waals surface area contributed by atoms with Gasteiger partial charge in [0.05, 0.1) is 6.42 Å². The van der Waals surface area contributed by atoms with Crippen LogP contribution < -0.4 is 5.32 Å². The summed E-state index contributed by atoms with van der Waals surface area (Å²) in [5.74, 6) is -0.947. The Bertz CT molecular complexity index is 600. The lowest BCUT2D eigenvalue weighted by atomic mass is 10.2. The van der Waals surface area contributed by atoms with Crippen molar-refractivity contribution in [2.75, 3.05) is 39.8 Å². The average molecular weight is 348 g/mol. The molecule has 0 aromatic heterocycles. The normalized spacial score (nSPS) is 14.1. The second-order valence-electron chi connectivity index (χ2n) is 5.97. The van der Waals surface area contributed by atoms with Crippen molar-refractivity contribution in [2.45, 2.75) is 13.0 Å². The van der Waals surface area contributed by atoms with Crippen LogP contribution in [0.5, 0.6) is 0 Å². The van der Waals surface area contributed by atoms with Gasteiger partial charge in [-0.05, 0) is 5.56 Å². The first kappa shape index (κ1) is 18.6. The highest BCUT2D eigenvalue weighted by atomic mass is 16.4. The summed E-state index contributed by atoms with van der Waals surface area (Å²) in [6.07, 6.45) is -0.103. The third kappa shape index (κ3) is 5.66. The Hall–Kier alpha value is -2.77. The molecule has 0 bridgehead atoms. The zero-order valence-corrected chi connectivity index (χ0v) is 14.4. The van der Waals surface area contributed by atoms with Crippen LogP contribution in [-0.4, -0.2) is 77.6 Å². The van der Waals surface area contributed by atoms with Crippen LogP contribution in [0.4, 0.5) is 9.59 Å². The molecule has 0 aliphatic carbocycles. The molecule has 1 aromatic rings. The zero-order valence-electron chi connectivity index (χ0n) is 14.4. The number of carbonyl (C=O) groups excluding carboxylic acids is 2. The standard InChI is InChI=1S/C17H24N4O4/c1-19(13-14-5-3-2-4-6-14)17(25)21-11-9-20(10-12-21)16(24)18-8-7-15(22)23/h2-6H,7-13H2,1H3,(H,18,24)(H,22,23). The van der Waals surface area contributed by atoms with Crippen LogP contribution in [0.15, 0.2) is 30.3 Å². The average Bonchev–Trinajstić information content (AvgIpc) is 2.61. The van der Waals surface area contributed by atoms with E-state index >= 15 is 0 Å². The Labute approximate surface area is 147 Å². The fraction of sp³-hybridized carbons (Fsp3) is 0.471. The second kappa shape index (κ2) is 8.91. The Kier molecular flexibility index (Phi) is 6.62. The first-order valence-electron chi connectivity index (χ1n) is 8.26. The first-order chi connectivity index (χ1) is 12.0. The number of nitrogens with zero attached hydrogens (tertiary/aromatic N) is 3. The fourth-order valence-electron chi connectivity index (χ4n) is 2.66. The van der Waals surface area contributed by atoms with Crippen LogP contribution >= 0.6 is 0 Å². The number of rotatable bonds is 5. The summed E-state index contributed by atoms with van der Waals surface area (Å²) in [6.45, 7) is 2.44. The molecule has 0 saturated carbocycles. The van der Waals surface area contributed by atoms with E-state index in [4.69, 9.17) is 5.11 Å². The molecule has 1 saturated heterocycles. The molecule has 1 heterocycles. The van der Waals surface area contributed by atoms with E-state index in [0.29, 0.717) is 32.7 Å². The Morgan fingerprint density at radius 1 is 1.08 bits per heavy atom. The van der Waals surface area contributed by atoms with E-state index in [-0.39, 0.29) is 25.0 Å². The van der Waals surface area contributed by atoms with Gasteiger partial charge in [-0.2, -0.15) is 0 Å². The van der Waals surface area contributed by atoms with Crippen molar-refractivity contribution in [3.63, 3.8) is 0 Å². The van der Waals surface area contributed by atoms with Crippen molar-refractivity contribution < 1.29 is 19.5 Å². The molecule has 136 valence electrons. The largest absolute Gasteiger partial charge is 0.481 e.